The highest BCUT2D eigenvalue weighted by Gasteiger charge is 2.44. The minimum Gasteiger partial charge on any atom is -0.481 e. The van der Waals surface area contributed by atoms with Gasteiger partial charge in [0.2, 0.25) is 6.79 Å². The van der Waals surface area contributed by atoms with E-state index < -0.39 is 11.4 Å². The highest BCUT2D eigenvalue weighted by atomic mass is 16.7. The fourth-order valence-electron chi connectivity index (χ4n) is 2.57. The first-order chi connectivity index (χ1) is 9.11. The van der Waals surface area contributed by atoms with E-state index in [1.807, 2.05) is 19.1 Å². The summed E-state index contributed by atoms with van der Waals surface area (Å²) in [4.78, 5) is 11.3. The Morgan fingerprint density at radius 2 is 2.05 bits per heavy atom. The normalized spacial score (nSPS) is 18.8. The number of benzene rings is 1. The van der Waals surface area contributed by atoms with Crippen LogP contribution in [-0.4, -0.2) is 24.4 Å². The molecule has 3 rings (SSSR count). The molecule has 1 aliphatic carbocycles. The lowest BCUT2D eigenvalue weighted by Gasteiger charge is -2.38. The number of rotatable bonds is 4. The second kappa shape index (κ2) is 4.33. The van der Waals surface area contributed by atoms with Crippen LogP contribution in [0, 0.1) is 12.3 Å². The van der Waals surface area contributed by atoms with E-state index in [4.69, 9.17) is 9.47 Å². The van der Waals surface area contributed by atoms with Crippen LogP contribution in [0.3, 0.4) is 0 Å². The van der Waals surface area contributed by atoms with Crippen LogP contribution in [-0.2, 0) is 4.79 Å². The summed E-state index contributed by atoms with van der Waals surface area (Å²) >= 11 is 0. The second-order valence-electron chi connectivity index (χ2n) is 5.31. The largest absolute Gasteiger partial charge is 0.481 e. The SMILES string of the molecule is Cc1cc2c(cc1NCC1(C(=O)O)CCC1)OCO2. The maximum absolute atomic E-state index is 11.3. The molecule has 0 bridgehead atoms. The average molecular weight is 263 g/mol. The molecule has 1 aromatic carbocycles. The molecule has 1 saturated carbocycles. The summed E-state index contributed by atoms with van der Waals surface area (Å²) < 4.78 is 10.6. The molecule has 2 N–H and O–H groups in total. The van der Waals surface area contributed by atoms with Gasteiger partial charge in [0.25, 0.3) is 0 Å². The van der Waals surface area contributed by atoms with Crippen LogP contribution in [0.15, 0.2) is 12.1 Å². The summed E-state index contributed by atoms with van der Waals surface area (Å²) in [6.07, 6.45) is 2.49. The van der Waals surface area contributed by atoms with Crippen molar-refractivity contribution < 1.29 is 19.4 Å². The zero-order valence-electron chi connectivity index (χ0n) is 10.9. The fraction of sp³-hybridized carbons (Fsp3) is 0.500. The minimum absolute atomic E-state index is 0.247. The number of ether oxygens (including phenoxy) is 2. The predicted octanol–water partition coefficient (Wildman–Crippen LogP) is 2.39. The molecule has 0 amide bonds. The van der Waals surface area contributed by atoms with Crippen LogP contribution >= 0.6 is 0 Å². The van der Waals surface area contributed by atoms with Crippen molar-refractivity contribution in [1.82, 2.24) is 0 Å². The molecule has 0 aromatic heterocycles. The molecule has 0 atom stereocenters. The maximum atomic E-state index is 11.3. The van der Waals surface area contributed by atoms with Crippen LogP contribution in [0.25, 0.3) is 0 Å². The Bertz CT molecular complexity index is 522. The van der Waals surface area contributed by atoms with Gasteiger partial charge in [0.15, 0.2) is 11.5 Å². The Labute approximate surface area is 111 Å². The number of carboxylic acids is 1. The van der Waals surface area contributed by atoms with Gasteiger partial charge in [0, 0.05) is 18.3 Å². The highest BCUT2D eigenvalue weighted by Crippen LogP contribution is 2.42. The van der Waals surface area contributed by atoms with E-state index in [1.165, 1.54) is 0 Å². The van der Waals surface area contributed by atoms with Crippen molar-refractivity contribution in [3.05, 3.63) is 17.7 Å². The maximum Gasteiger partial charge on any atom is 0.311 e. The van der Waals surface area contributed by atoms with Crippen molar-refractivity contribution in [3.8, 4) is 11.5 Å². The van der Waals surface area contributed by atoms with Crippen LogP contribution in [0.4, 0.5) is 5.69 Å². The molecule has 19 heavy (non-hydrogen) atoms. The molecule has 5 nitrogen and oxygen atoms in total. The predicted molar refractivity (Wildman–Crippen MR) is 69.7 cm³/mol. The van der Waals surface area contributed by atoms with Gasteiger partial charge in [-0.3, -0.25) is 4.79 Å². The van der Waals surface area contributed by atoms with Gasteiger partial charge in [-0.1, -0.05) is 6.42 Å². The zero-order chi connectivity index (χ0) is 13.5. The topological polar surface area (TPSA) is 67.8 Å². The van der Waals surface area contributed by atoms with Crippen molar-refractivity contribution in [2.24, 2.45) is 5.41 Å². The van der Waals surface area contributed by atoms with Gasteiger partial charge < -0.3 is 19.9 Å². The van der Waals surface area contributed by atoms with Gasteiger partial charge in [-0.05, 0) is 31.4 Å². The molecule has 0 radical (unpaired) electrons. The van der Waals surface area contributed by atoms with E-state index in [0.717, 1.165) is 36.3 Å². The number of aliphatic carboxylic acids is 1. The van der Waals surface area contributed by atoms with Gasteiger partial charge in [-0.25, -0.2) is 0 Å². The first-order valence-corrected chi connectivity index (χ1v) is 6.48. The second-order valence-corrected chi connectivity index (χ2v) is 5.31. The van der Waals surface area contributed by atoms with Crippen LogP contribution in [0.5, 0.6) is 11.5 Å². The number of hydrogen-bond donors (Lipinski definition) is 2. The lowest BCUT2D eigenvalue weighted by Crippen LogP contribution is -2.43. The number of nitrogens with one attached hydrogen (secondary N) is 1. The lowest BCUT2D eigenvalue weighted by atomic mass is 9.69. The standard InChI is InChI=1S/C14H17NO4/c1-9-5-11-12(19-8-18-11)6-10(9)15-7-14(13(16)17)3-2-4-14/h5-6,15H,2-4,7-8H2,1H3,(H,16,17). The molecule has 1 aromatic rings. The third-order valence-corrected chi connectivity index (χ3v) is 4.10. The molecule has 5 heteroatoms. The van der Waals surface area contributed by atoms with Crippen molar-refractivity contribution >= 4 is 11.7 Å². The molecule has 1 heterocycles. The number of carbonyl (C=O) groups is 1. The molecule has 102 valence electrons. The molecule has 0 unspecified atom stereocenters. The number of aryl methyl sites for hydroxylation is 1. The summed E-state index contributed by atoms with van der Waals surface area (Å²) in [7, 11) is 0. The van der Waals surface area contributed by atoms with Crippen LogP contribution < -0.4 is 14.8 Å². The summed E-state index contributed by atoms with van der Waals surface area (Å²) in [5.41, 5.74) is 1.35. The highest BCUT2D eigenvalue weighted by molar-refractivity contribution is 5.77. The quantitative estimate of drug-likeness (QED) is 0.873. The summed E-state index contributed by atoms with van der Waals surface area (Å²) in [6.45, 7) is 2.68. The average Bonchev–Trinajstić information content (AvgIpc) is 2.74. The van der Waals surface area contributed by atoms with E-state index in [2.05, 4.69) is 5.32 Å². The van der Waals surface area contributed by atoms with Crippen molar-refractivity contribution in [2.45, 2.75) is 26.2 Å². The molecule has 0 spiro atoms. The summed E-state index contributed by atoms with van der Waals surface area (Å²) in [6, 6.07) is 3.80. The van der Waals surface area contributed by atoms with E-state index >= 15 is 0 Å². The monoisotopic (exact) mass is 263 g/mol. The zero-order valence-corrected chi connectivity index (χ0v) is 10.9. The number of fused-ring (bicyclic) bond motifs is 1. The summed E-state index contributed by atoms with van der Waals surface area (Å²) in [5, 5.41) is 12.6. The molecular formula is C14H17NO4. The van der Waals surface area contributed by atoms with E-state index in [-0.39, 0.29) is 6.79 Å². The molecular weight excluding hydrogens is 246 g/mol. The van der Waals surface area contributed by atoms with E-state index in [1.54, 1.807) is 0 Å². The number of anilines is 1. The third kappa shape index (κ3) is 1.99. The lowest BCUT2D eigenvalue weighted by molar-refractivity contribution is -0.153. The first kappa shape index (κ1) is 12.1. The Kier molecular flexibility index (Phi) is 2.77. The van der Waals surface area contributed by atoms with Gasteiger partial charge in [0.1, 0.15) is 0 Å². The molecule has 1 fully saturated rings. The van der Waals surface area contributed by atoms with Gasteiger partial charge in [-0.15, -0.1) is 0 Å². The Morgan fingerprint density at radius 1 is 1.37 bits per heavy atom. The smallest absolute Gasteiger partial charge is 0.311 e. The van der Waals surface area contributed by atoms with Crippen molar-refractivity contribution in [3.63, 3.8) is 0 Å². The minimum atomic E-state index is -0.704. The van der Waals surface area contributed by atoms with E-state index in [0.29, 0.717) is 12.3 Å². The third-order valence-electron chi connectivity index (χ3n) is 4.10. The fourth-order valence-corrected chi connectivity index (χ4v) is 2.57. The van der Waals surface area contributed by atoms with Gasteiger partial charge >= 0.3 is 5.97 Å². The Balaban J connectivity index is 1.75. The van der Waals surface area contributed by atoms with Crippen molar-refractivity contribution in [1.29, 1.82) is 0 Å². The molecule has 2 aliphatic rings. The van der Waals surface area contributed by atoms with Crippen LogP contribution in [0.1, 0.15) is 24.8 Å². The Hall–Kier alpha value is -1.91. The number of carboxylic acid groups (broad SMARTS) is 1. The molecule has 0 saturated heterocycles. The number of hydrogen-bond acceptors (Lipinski definition) is 4. The van der Waals surface area contributed by atoms with E-state index in [9.17, 15) is 9.90 Å². The molecule has 1 aliphatic heterocycles. The van der Waals surface area contributed by atoms with Gasteiger partial charge in [-0.2, -0.15) is 0 Å². The van der Waals surface area contributed by atoms with Gasteiger partial charge in [0.05, 0.1) is 5.41 Å². The van der Waals surface area contributed by atoms with Crippen LogP contribution in [0.2, 0.25) is 0 Å². The van der Waals surface area contributed by atoms with Crippen molar-refractivity contribution in [2.75, 3.05) is 18.7 Å². The first-order valence-electron chi connectivity index (χ1n) is 6.48. The Morgan fingerprint density at radius 3 is 2.63 bits per heavy atom. The summed E-state index contributed by atoms with van der Waals surface area (Å²) in [5.74, 6) is 0.760.